The highest BCUT2D eigenvalue weighted by Gasteiger charge is 2.41. The highest BCUT2D eigenvalue weighted by Crippen LogP contribution is 2.31. The van der Waals surface area contributed by atoms with E-state index in [4.69, 9.17) is 5.11 Å². The number of rotatable bonds is 2. The number of carbonyl (C=O) groups excluding carboxylic acids is 1. The molecule has 0 unspecified atom stereocenters. The first-order chi connectivity index (χ1) is 7.17. The van der Waals surface area contributed by atoms with Crippen molar-refractivity contribution in [1.82, 2.24) is 4.90 Å². The number of carbonyl (C=O) groups is 2. The van der Waals surface area contributed by atoms with Crippen LogP contribution in [-0.2, 0) is 9.59 Å². The lowest BCUT2D eigenvalue weighted by molar-refractivity contribution is -0.158. The van der Waals surface area contributed by atoms with Gasteiger partial charge in [-0.2, -0.15) is 11.8 Å². The predicted molar refractivity (Wildman–Crippen MR) is 64.5 cm³/mol. The van der Waals surface area contributed by atoms with Gasteiger partial charge in [0.25, 0.3) is 0 Å². The van der Waals surface area contributed by atoms with E-state index in [2.05, 4.69) is 13.8 Å². The number of amides is 1. The van der Waals surface area contributed by atoms with Crippen LogP contribution in [-0.4, -0.2) is 45.5 Å². The topological polar surface area (TPSA) is 57.6 Å². The van der Waals surface area contributed by atoms with Crippen molar-refractivity contribution in [2.45, 2.75) is 32.4 Å². The van der Waals surface area contributed by atoms with E-state index in [1.807, 2.05) is 11.8 Å². The molecule has 92 valence electrons. The van der Waals surface area contributed by atoms with Gasteiger partial charge < -0.3 is 10.0 Å². The fraction of sp³-hybridized carbons (Fsp3) is 0.818. The quantitative estimate of drug-likeness (QED) is 0.748. The van der Waals surface area contributed by atoms with Crippen LogP contribution in [0.25, 0.3) is 0 Å². The minimum atomic E-state index is -1.32. The summed E-state index contributed by atoms with van der Waals surface area (Å²) in [5.41, 5.74) is -1.32. The van der Waals surface area contributed by atoms with Crippen molar-refractivity contribution in [2.75, 3.05) is 18.8 Å². The summed E-state index contributed by atoms with van der Waals surface area (Å²) < 4.78 is 0.0164. The molecule has 1 heterocycles. The number of aliphatic carboxylic acids is 1. The lowest BCUT2D eigenvalue weighted by atomic mass is 9.91. The van der Waals surface area contributed by atoms with Gasteiger partial charge in [0.05, 0.1) is 0 Å². The molecule has 0 radical (unpaired) electrons. The van der Waals surface area contributed by atoms with Crippen LogP contribution in [0.4, 0.5) is 0 Å². The van der Waals surface area contributed by atoms with E-state index in [9.17, 15) is 9.59 Å². The lowest BCUT2D eigenvalue weighted by Crippen LogP contribution is -2.52. The minimum Gasteiger partial charge on any atom is -0.480 e. The molecule has 1 amide bonds. The third kappa shape index (κ3) is 2.70. The highest BCUT2D eigenvalue weighted by atomic mass is 32.2. The monoisotopic (exact) mass is 245 g/mol. The van der Waals surface area contributed by atoms with Crippen molar-refractivity contribution >= 4 is 23.6 Å². The first-order valence-electron chi connectivity index (χ1n) is 5.33. The molecule has 0 aromatic rings. The zero-order valence-electron chi connectivity index (χ0n) is 10.2. The first-order valence-corrected chi connectivity index (χ1v) is 6.32. The van der Waals surface area contributed by atoms with Gasteiger partial charge >= 0.3 is 5.97 Å². The Labute approximate surface area is 100 Å². The summed E-state index contributed by atoms with van der Waals surface area (Å²) in [5.74, 6) is -0.476. The highest BCUT2D eigenvalue weighted by molar-refractivity contribution is 8.00. The van der Waals surface area contributed by atoms with Crippen LogP contribution in [0.1, 0.15) is 27.7 Å². The molecule has 0 saturated carbocycles. The van der Waals surface area contributed by atoms with E-state index in [0.717, 1.165) is 5.75 Å². The molecular formula is C11H19NO3S. The summed E-state index contributed by atoms with van der Waals surface area (Å²) in [4.78, 5) is 24.8. The molecule has 1 rings (SSSR count). The smallest absolute Gasteiger partial charge is 0.318 e. The fourth-order valence-corrected chi connectivity index (χ4v) is 2.79. The van der Waals surface area contributed by atoms with Crippen molar-refractivity contribution in [3.8, 4) is 0 Å². The van der Waals surface area contributed by atoms with Crippen LogP contribution >= 0.6 is 11.8 Å². The molecule has 4 nitrogen and oxygen atoms in total. The number of carboxylic acids is 1. The summed E-state index contributed by atoms with van der Waals surface area (Å²) >= 11 is 1.82. The van der Waals surface area contributed by atoms with Crippen molar-refractivity contribution in [1.29, 1.82) is 0 Å². The zero-order valence-corrected chi connectivity index (χ0v) is 11.1. The molecule has 0 aromatic carbocycles. The number of hydrogen-bond donors (Lipinski definition) is 1. The van der Waals surface area contributed by atoms with E-state index in [0.29, 0.717) is 13.1 Å². The molecule has 1 aliphatic heterocycles. The Balaban J connectivity index is 2.79. The van der Waals surface area contributed by atoms with Gasteiger partial charge in [-0.3, -0.25) is 9.59 Å². The average molecular weight is 245 g/mol. The number of carboxylic acid groups (broad SMARTS) is 1. The molecule has 1 saturated heterocycles. The van der Waals surface area contributed by atoms with E-state index in [1.165, 1.54) is 13.8 Å². The van der Waals surface area contributed by atoms with Gasteiger partial charge in [-0.05, 0) is 27.7 Å². The summed E-state index contributed by atoms with van der Waals surface area (Å²) in [6, 6.07) is 0. The van der Waals surface area contributed by atoms with E-state index >= 15 is 0 Å². The summed E-state index contributed by atoms with van der Waals surface area (Å²) in [7, 11) is 0. The van der Waals surface area contributed by atoms with Crippen LogP contribution in [0.2, 0.25) is 0 Å². The second kappa shape index (κ2) is 4.28. The maximum absolute atomic E-state index is 12.1. The molecule has 0 aromatic heterocycles. The Kier molecular flexibility index (Phi) is 3.57. The Morgan fingerprint density at radius 1 is 1.38 bits per heavy atom. The van der Waals surface area contributed by atoms with Crippen molar-refractivity contribution < 1.29 is 14.7 Å². The van der Waals surface area contributed by atoms with Crippen LogP contribution in [0.15, 0.2) is 0 Å². The van der Waals surface area contributed by atoms with Crippen LogP contribution in [0.5, 0.6) is 0 Å². The number of thioether (sulfide) groups is 1. The summed E-state index contributed by atoms with van der Waals surface area (Å²) in [6.45, 7) is 8.34. The summed E-state index contributed by atoms with van der Waals surface area (Å²) in [5, 5.41) is 9.02. The molecule has 0 atom stereocenters. The van der Waals surface area contributed by atoms with Crippen molar-refractivity contribution in [3.63, 3.8) is 0 Å². The zero-order chi connectivity index (χ0) is 12.6. The SMILES string of the molecule is CC1(C)CN(C(=O)C(C)(C)C(=O)O)CCS1. The van der Waals surface area contributed by atoms with Gasteiger partial charge in [0.15, 0.2) is 0 Å². The van der Waals surface area contributed by atoms with Gasteiger partial charge in [0, 0.05) is 23.6 Å². The van der Waals surface area contributed by atoms with Crippen LogP contribution < -0.4 is 0 Å². The molecular weight excluding hydrogens is 226 g/mol. The molecule has 16 heavy (non-hydrogen) atoms. The second-order valence-corrected chi connectivity index (χ2v) is 7.07. The van der Waals surface area contributed by atoms with Gasteiger partial charge in [0.1, 0.15) is 5.41 Å². The fourth-order valence-electron chi connectivity index (χ4n) is 1.68. The van der Waals surface area contributed by atoms with Gasteiger partial charge in [-0.25, -0.2) is 0 Å². The summed E-state index contributed by atoms with van der Waals surface area (Å²) in [6.07, 6.45) is 0. The maximum atomic E-state index is 12.1. The third-order valence-electron chi connectivity index (χ3n) is 2.78. The van der Waals surface area contributed by atoms with Gasteiger partial charge in [0.2, 0.25) is 5.91 Å². The number of nitrogens with zero attached hydrogens (tertiary/aromatic N) is 1. The average Bonchev–Trinajstić information content (AvgIpc) is 2.14. The predicted octanol–water partition coefficient (Wildman–Crippen LogP) is 1.45. The molecule has 0 spiro atoms. The van der Waals surface area contributed by atoms with E-state index in [1.54, 1.807) is 4.90 Å². The second-order valence-electron chi connectivity index (χ2n) is 5.27. The third-order valence-corrected chi connectivity index (χ3v) is 4.08. The lowest BCUT2D eigenvalue weighted by Gasteiger charge is -2.39. The Morgan fingerprint density at radius 2 is 1.94 bits per heavy atom. The molecule has 1 fully saturated rings. The van der Waals surface area contributed by atoms with E-state index < -0.39 is 11.4 Å². The minimum absolute atomic E-state index is 0.0164. The largest absolute Gasteiger partial charge is 0.480 e. The molecule has 0 bridgehead atoms. The van der Waals surface area contributed by atoms with Gasteiger partial charge in [-0.1, -0.05) is 0 Å². The normalized spacial score (nSPS) is 20.6. The molecule has 5 heteroatoms. The Bertz CT molecular complexity index is 312. The molecule has 1 N–H and O–H groups in total. The number of hydrogen-bond acceptors (Lipinski definition) is 3. The maximum Gasteiger partial charge on any atom is 0.318 e. The molecule has 1 aliphatic rings. The Hall–Kier alpha value is -0.710. The Morgan fingerprint density at radius 3 is 2.38 bits per heavy atom. The standard InChI is InChI=1S/C11H19NO3S/c1-10(2)7-12(5-6-16-10)8(13)11(3,4)9(14)15/h5-7H2,1-4H3,(H,14,15). The van der Waals surface area contributed by atoms with E-state index in [-0.39, 0.29) is 10.7 Å². The molecule has 0 aliphatic carbocycles. The first kappa shape index (κ1) is 13.4. The van der Waals surface area contributed by atoms with Crippen LogP contribution in [0, 0.1) is 5.41 Å². The van der Waals surface area contributed by atoms with Crippen LogP contribution in [0.3, 0.4) is 0 Å². The van der Waals surface area contributed by atoms with Crippen molar-refractivity contribution in [3.05, 3.63) is 0 Å². The van der Waals surface area contributed by atoms with Crippen molar-refractivity contribution in [2.24, 2.45) is 5.41 Å². The van der Waals surface area contributed by atoms with Gasteiger partial charge in [-0.15, -0.1) is 0 Å².